The maximum absolute atomic E-state index is 12.0. The molecule has 0 aromatic heterocycles. The van der Waals surface area contributed by atoms with Gasteiger partial charge in [-0.1, -0.05) is 0 Å². The Bertz CT molecular complexity index is 296. The number of hydrogen-bond donors (Lipinski definition) is 0. The molecule has 1 unspecified atom stereocenters. The standard InChI is InChI=1S/C13H25NO4/c1-12(2,3)18-11(15)14-7-8-17-10(9-14)13(4,5)16-6/h10H,7-9H2,1-6H3. The van der Waals surface area contributed by atoms with Crippen LogP contribution in [0.2, 0.25) is 0 Å². The summed E-state index contributed by atoms with van der Waals surface area (Å²) in [6.07, 6.45) is -0.425. The number of amides is 1. The molecule has 1 amide bonds. The van der Waals surface area contributed by atoms with Crippen molar-refractivity contribution in [2.75, 3.05) is 26.8 Å². The average Bonchev–Trinajstić information content (AvgIpc) is 2.27. The molecular formula is C13H25NO4. The molecule has 1 atom stereocenters. The zero-order chi connectivity index (χ0) is 14.0. The largest absolute Gasteiger partial charge is 0.444 e. The molecule has 5 nitrogen and oxygen atoms in total. The molecule has 0 aromatic carbocycles. The van der Waals surface area contributed by atoms with Gasteiger partial charge in [0.05, 0.1) is 18.8 Å². The topological polar surface area (TPSA) is 48.0 Å². The van der Waals surface area contributed by atoms with Gasteiger partial charge in [-0.25, -0.2) is 4.79 Å². The van der Waals surface area contributed by atoms with E-state index in [1.54, 1.807) is 12.0 Å². The zero-order valence-electron chi connectivity index (χ0n) is 12.3. The summed E-state index contributed by atoms with van der Waals surface area (Å²) in [6.45, 7) is 11.1. The van der Waals surface area contributed by atoms with E-state index in [2.05, 4.69) is 0 Å². The molecule has 1 fully saturated rings. The van der Waals surface area contributed by atoms with Gasteiger partial charge in [-0.2, -0.15) is 0 Å². The first kappa shape index (κ1) is 15.2. The number of methoxy groups -OCH3 is 1. The van der Waals surface area contributed by atoms with Crippen LogP contribution in [0.1, 0.15) is 34.6 Å². The van der Waals surface area contributed by atoms with Gasteiger partial charge in [-0.15, -0.1) is 0 Å². The molecule has 0 bridgehead atoms. The van der Waals surface area contributed by atoms with E-state index >= 15 is 0 Å². The number of morpholine rings is 1. The molecule has 0 radical (unpaired) electrons. The molecule has 0 spiro atoms. The Morgan fingerprint density at radius 2 is 1.89 bits per heavy atom. The highest BCUT2D eigenvalue weighted by Crippen LogP contribution is 2.22. The highest BCUT2D eigenvalue weighted by atomic mass is 16.6. The first-order chi connectivity index (χ1) is 8.15. The molecular weight excluding hydrogens is 234 g/mol. The van der Waals surface area contributed by atoms with Gasteiger partial charge in [0.2, 0.25) is 0 Å². The van der Waals surface area contributed by atoms with Gasteiger partial charge in [0.15, 0.2) is 0 Å². The minimum atomic E-state index is -0.471. The second kappa shape index (κ2) is 5.45. The van der Waals surface area contributed by atoms with E-state index in [1.165, 1.54) is 0 Å². The predicted octanol–water partition coefficient (Wildman–Crippen LogP) is 2.05. The van der Waals surface area contributed by atoms with Gasteiger partial charge in [-0.3, -0.25) is 0 Å². The second-order valence-electron chi connectivity index (χ2n) is 6.09. The van der Waals surface area contributed by atoms with Crippen LogP contribution in [0.5, 0.6) is 0 Å². The Balaban J connectivity index is 2.61. The van der Waals surface area contributed by atoms with Crippen molar-refractivity contribution in [3.05, 3.63) is 0 Å². The fraction of sp³-hybridized carbons (Fsp3) is 0.923. The van der Waals surface area contributed by atoms with E-state index < -0.39 is 11.2 Å². The van der Waals surface area contributed by atoms with Gasteiger partial charge < -0.3 is 19.1 Å². The lowest BCUT2D eigenvalue weighted by Gasteiger charge is -2.40. The third kappa shape index (κ3) is 4.14. The van der Waals surface area contributed by atoms with E-state index in [-0.39, 0.29) is 12.2 Å². The first-order valence-corrected chi connectivity index (χ1v) is 6.30. The van der Waals surface area contributed by atoms with Gasteiger partial charge in [0, 0.05) is 13.7 Å². The lowest BCUT2D eigenvalue weighted by atomic mass is 10.00. The van der Waals surface area contributed by atoms with Gasteiger partial charge in [0.1, 0.15) is 11.7 Å². The molecule has 1 saturated heterocycles. The molecule has 1 aliphatic heterocycles. The lowest BCUT2D eigenvalue weighted by molar-refractivity contribution is -0.140. The summed E-state index contributed by atoms with van der Waals surface area (Å²) < 4.78 is 16.4. The van der Waals surface area contributed by atoms with Crippen LogP contribution in [-0.4, -0.2) is 55.1 Å². The maximum atomic E-state index is 12.0. The Morgan fingerprint density at radius 1 is 1.28 bits per heavy atom. The molecule has 0 aliphatic carbocycles. The molecule has 0 aromatic rings. The summed E-state index contributed by atoms with van der Waals surface area (Å²) in [7, 11) is 1.65. The minimum Gasteiger partial charge on any atom is -0.444 e. The van der Waals surface area contributed by atoms with Crippen molar-refractivity contribution in [1.82, 2.24) is 4.90 Å². The molecule has 5 heteroatoms. The highest BCUT2D eigenvalue weighted by molar-refractivity contribution is 5.68. The molecule has 1 aliphatic rings. The zero-order valence-corrected chi connectivity index (χ0v) is 12.3. The number of ether oxygens (including phenoxy) is 3. The summed E-state index contributed by atoms with van der Waals surface area (Å²) in [6, 6.07) is 0. The Kier molecular flexibility index (Phi) is 4.61. The van der Waals surface area contributed by atoms with Crippen LogP contribution >= 0.6 is 0 Å². The number of hydrogen-bond acceptors (Lipinski definition) is 4. The fourth-order valence-electron chi connectivity index (χ4n) is 1.69. The fourth-order valence-corrected chi connectivity index (χ4v) is 1.69. The van der Waals surface area contributed by atoms with Crippen LogP contribution in [0.3, 0.4) is 0 Å². The Morgan fingerprint density at radius 3 is 2.39 bits per heavy atom. The average molecular weight is 259 g/mol. The smallest absolute Gasteiger partial charge is 0.410 e. The lowest BCUT2D eigenvalue weighted by Crippen LogP contribution is -2.54. The summed E-state index contributed by atoms with van der Waals surface area (Å²) in [5.41, 5.74) is -0.887. The van der Waals surface area contributed by atoms with Crippen molar-refractivity contribution in [1.29, 1.82) is 0 Å². The summed E-state index contributed by atoms with van der Waals surface area (Å²) in [5, 5.41) is 0. The Labute approximate surface area is 109 Å². The van der Waals surface area contributed by atoms with E-state index in [0.29, 0.717) is 19.7 Å². The second-order valence-corrected chi connectivity index (χ2v) is 6.09. The minimum absolute atomic E-state index is 0.135. The SMILES string of the molecule is COC(C)(C)C1CN(C(=O)OC(C)(C)C)CCO1. The molecule has 1 heterocycles. The van der Waals surface area contributed by atoms with Crippen LogP contribution in [0.15, 0.2) is 0 Å². The summed E-state index contributed by atoms with van der Waals surface area (Å²) in [4.78, 5) is 13.7. The van der Waals surface area contributed by atoms with Crippen LogP contribution in [0, 0.1) is 0 Å². The predicted molar refractivity (Wildman–Crippen MR) is 68.6 cm³/mol. The first-order valence-electron chi connectivity index (χ1n) is 6.30. The van der Waals surface area contributed by atoms with Crippen LogP contribution in [-0.2, 0) is 14.2 Å². The number of rotatable bonds is 2. The van der Waals surface area contributed by atoms with Crippen molar-refractivity contribution in [3.8, 4) is 0 Å². The van der Waals surface area contributed by atoms with E-state index in [9.17, 15) is 4.79 Å². The quantitative estimate of drug-likeness (QED) is 0.761. The van der Waals surface area contributed by atoms with Crippen molar-refractivity contribution in [2.24, 2.45) is 0 Å². The summed E-state index contributed by atoms with van der Waals surface area (Å²) in [5.74, 6) is 0. The van der Waals surface area contributed by atoms with Gasteiger partial charge in [-0.05, 0) is 34.6 Å². The van der Waals surface area contributed by atoms with Crippen molar-refractivity contribution >= 4 is 6.09 Å². The third-order valence-corrected chi connectivity index (χ3v) is 3.02. The number of carbonyl (C=O) groups excluding carboxylic acids is 1. The Hall–Kier alpha value is -0.810. The summed E-state index contributed by atoms with van der Waals surface area (Å²) >= 11 is 0. The van der Waals surface area contributed by atoms with E-state index in [0.717, 1.165) is 0 Å². The third-order valence-electron chi connectivity index (χ3n) is 3.02. The van der Waals surface area contributed by atoms with Crippen LogP contribution in [0.25, 0.3) is 0 Å². The van der Waals surface area contributed by atoms with Crippen LogP contribution < -0.4 is 0 Å². The highest BCUT2D eigenvalue weighted by Gasteiger charge is 2.37. The van der Waals surface area contributed by atoms with Crippen LogP contribution in [0.4, 0.5) is 4.79 Å². The monoisotopic (exact) mass is 259 g/mol. The number of carbonyl (C=O) groups is 1. The molecule has 18 heavy (non-hydrogen) atoms. The van der Waals surface area contributed by atoms with Crippen molar-refractivity contribution in [2.45, 2.75) is 51.9 Å². The van der Waals surface area contributed by atoms with Crippen molar-refractivity contribution in [3.63, 3.8) is 0 Å². The van der Waals surface area contributed by atoms with Gasteiger partial charge in [0.25, 0.3) is 0 Å². The number of nitrogens with zero attached hydrogens (tertiary/aromatic N) is 1. The van der Waals surface area contributed by atoms with Crippen molar-refractivity contribution < 1.29 is 19.0 Å². The molecule has 0 saturated carbocycles. The van der Waals surface area contributed by atoms with E-state index in [4.69, 9.17) is 14.2 Å². The molecule has 1 rings (SSSR count). The van der Waals surface area contributed by atoms with Gasteiger partial charge >= 0.3 is 6.09 Å². The molecule has 106 valence electrons. The normalized spacial score (nSPS) is 21.9. The molecule has 0 N–H and O–H groups in total. The van der Waals surface area contributed by atoms with E-state index in [1.807, 2.05) is 34.6 Å². The maximum Gasteiger partial charge on any atom is 0.410 e.